The first-order valence-electron chi connectivity index (χ1n) is 6.51. The lowest BCUT2D eigenvalue weighted by molar-refractivity contribution is -0.137. The third kappa shape index (κ3) is 2.36. The number of anilines is 1. The molecule has 0 aliphatic carbocycles. The van der Waals surface area contributed by atoms with Gasteiger partial charge in [0.2, 0.25) is 5.91 Å². The van der Waals surface area contributed by atoms with Gasteiger partial charge < -0.3 is 5.32 Å². The van der Waals surface area contributed by atoms with E-state index in [0.717, 1.165) is 4.90 Å². The molecular formula is C14H15F3N2O2. The molecule has 0 spiro atoms. The highest BCUT2D eigenvalue weighted by atomic mass is 19.2. The van der Waals surface area contributed by atoms with E-state index in [1.54, 1.807) is 6.92 Å². The number of hydrogen-bond donors (Lipinski definition) is 1. The van der Waals surface area contributed by atoms with Gasteiger partial charge in [0.15, 0.2) is 11.6 Å². The van der Waals surface area contributed by atoms with Crippen LogP contribution in [-0.2, 0) is 9.59 Å². The first kappa shape index (κ1) is 15.3. The van der Waals surface area contributed by atoms with Crippen LogP contribution in [0.5, 0.6) is 0 Å². The molecule has 4 nitrogen and oxygen atoms in total. The number of hydrogen-bond acceptors (Lipinski definition) is 2. The number of carbonyl (C=O) groups excluding carboxylic acids is 2. The van der Waals surface area contributed by atoms with Gasteiger partial charge in [-0.3, -0.25) is 14.5 Å². The lowest BCUT2D eigenvalue weighted by Crippen LogP contribution is -2.68. The Balaban J connectivity index is 2.60. The molecule has 2 amide bonds. The Morgan fingerprint density at radius 1 is 1.29 bits per heavy atom. The maximum Gasteiger partial charge on any atom is 0.253 e. The Bertz CT molecular complexity index is 620. The van der Waals surface area contributed by atoms with E-state index >= 15 is 0 Å². The summed E-state index contributed by atoms with van der Waals surface area (Å²) in [5, 5.41) is 2.55. The molecule has 1 N–H and O–H groups in total. The second kappa shape index (κ2) is 5.05. The molecule has 2 rings (SSSR count). The summed E-state index contributed by atoms with van der Waals surface area (Å²) in [5.74, 6) is -4.91. The van der Waals surface area contributed by atoms with Gasteiger partial charge in [-0.05, 0) is 20.3 Å². The molecule has 0 saturated carbocycles. The molecule has 21 heavy (non-hydrogen) atoms. The van der Waals surface area contributed by atoms with Gasteiger partial charge in [0.05, 0.1) is 5.69 Å². The molecule has 2 atom stereocenters. The predicted octanol–water partition coefficient (Wildman–Crippen LogP) is 2.12. The maximum absolute atomic E-state index is 13.9. The topological polar surface area (TPSA) is 49.4 Å². The van der Waals surface area contributed by atoms with Gasteiger partial charge in [0.1, 0.15) is 17.4 Å². The Morgan fingerprint density at radius 3 is 2.48 bits per heavy atom. The van der Waals surface area contributed by atoms with Crippen LogP contribution in [0.2, 0.25) is 0 Å². The lowest BCUT2D eigenvalue weighted by Gasteiger charge is -2.42. The summed E-state index contributed by atoms with van der Waals surface area (Å²) >= 11 is 0. The number of carbonyl (C=O) groups is 2. The fourth-order valence-electron chi connectivity index (χ4n) is 2.26. The molecule has 2 unspecified atom stereocenters. The zero-order valence-corrected chi connectivity index (χ0v) is 11.8. The first-order chi connectivity index (χ1) is 9.71. The minimum Gasteiger partial charge on any atom is -0.340 e. The zero-order valence-electron chi connectivity index (χ0n) is 11.8. The van der Waals surface area contributed by atoms with Crippen molar-refractivity contribution in [1.29, 1.82) is 0 Å². The number of nitrogens with one attached hydrogen (secondary N) is 1. The number of nitrogens with zero attached hydrogens (tertiary/aromatic N) is 1. The Kier molecular flexibility index (Phi) is 3.69. The van der Waals surface area contributed by atoms with Gasteiger partial charge in [-0.25, -0.2) is 13.2 Å². The molecule has 1 aliphatic rings. The van der Waals surface area contributed by atoms with Crippen molar-refractivity contribution in [2.45, 2.75) is 38.8 Å². The minimum absolute atomic E-state index is 0.264. The summed E-state index contributed by atoms with van der Waals surface area (Å²) in [6, 6.07) is 0.0335. The van der Waals surface area contributed by atoms with Gasteiger partial charge in [-0.2, -0.15) is 0 Å². The van der Waals surface area contributed by atoms with E-state index in [4.69, 9.17) is 0 Å². The van der Waals surface area contributed by atoms with Crippen molar-refractivity contribution >= 4 is 17.5 Å². The Hall–Kier alpha value is -2.05. The van der Waals surface area contributed by atoms with Gasteiger partial charge in [0.25, 0.3) is 5.91 Å². The molecule has 0 bridgehead atoms. The zero-order chi connectivity index (χ0) is 15.9. The molecule has 0 radical (unpaired) electrons. The fourth-order valence-corrected chi connectivity index (χ4v) is 2.26. The summed E-state index contributed by atoms with van der Waals surface area (Å²) < 4.78 is 40.6. The van der Waals surface area contributed by atoms with Crippen molar-refractivity contribution in [2.75, 3.05) is 4.90 Å². The average Bonchev–Trinajstić information content (AvgIpc) is 2.42. The summed E-state index contributed by atoms with van der Waals surface area (Å²) in [6.45, 7) is 4.53. The number of amides is 2. The third-order valence-corrected chi connectivity index (χ3v) is 3.80. The number of benzene rings is 1. The van der Waals surface area contributed by atoms with Crippen molar-refractivity contribution < 1.29 is 22.8 Å². The quantitative estimate of drug-likeness (QED) is 0.851. The second-order valence-corrected chi connectivity index (χ2v) is 5.25. The number of rotatable bonds is 2. The molecular weight excluding hydrogens is 285 g/mol. The van der Waals surface area contributed by atoms with Crippen LogP contribution >= 0.6 is 0 Å². The van der Waals surface area contributed by atoms with Gasteiger partial charge >= 0.3 is 0 Å². The first-order valence-corrected chi connectivity index (χ1v) is 6.51. The second-order valence-electron chi connectivity index (χ2n) is 5.25. The lowest BCUT2D eigenvalue weighted by atomic mass is 9.91. The summed E-state index contributed by atoms with van der Waals surface area (Å²) in [6.07, 6.45) is 0.264. The van der Waals surface area contributed by atoms with Crippen LogP contribution in [0, 0.1) is 17.5 Å². The van der Waals surface area contributed by atoms with Gasteiger partial charge in [-0.1, -0.05) is 6.92 Å². The number of piperazine rings is 1. The SMILES string of the molecule is CCC1(C)NC(=O)C(C)N(c2cc(F)cc(F)c2F)C1=O. The van der Waals surface area contributed by atoms with E-state index in [-0.39, 0.29) is 6.42 Å². The molecule has 1 aliphatic heterocycles. The van der Waals surface area contributed by atoms with Gasteiger partial charge in [-0.15, -0.1) is 0 Å². The molecule has 114 valence electrons. The van der Waals surface area contributed by atoms with E-state index in [1.807, 2.05) is 0 Å². The normalized spacial score (nSPS) is 26.0. The maximum atomic E-state index is 13.9. The molecule has 1 fully saturated rings. The van der Waals surface area contributed by atoms with E-state index < -0.39 is 46.5 Å². The highest BCUT2D eigenvalue weighted by molar-refractivity contribution is 6.10. The monoisotopic (exact) mass is 300 g/mol. The van der Waals surface area contributed by atoms with E-state index in [2.05, 4.69) is 5.32 Å². The molecule has 1 aromatic rings. The molecule has 1 aromatic carbocycles. The standard InChI is InChI=1S/C14H15F3N2O2/c1-4-14(3)13(21)19(7(2)12(20)18-14)10-6-8(15)5-9(16)11(10)17/h5-7H,4H2,1-3H3,(H,18,20). The van der Waals surface area contributed by atoms with Crippen LogP contribution < -0.4 is 10.2 Å². The van der Waals surface area contributed by atoms with Crippen molar-refractivity contribution in [3.63, 3.8) is 0 Å². The molecule has 1 saturated heterocycles. The minimum atomic E-state index is -1.41. The van der Waals surface area contributed by atoms with Crippen LogP contribution in [0.3, 0.4) is 0 Å². The summed E-state index contributed by atoms with van der Waals surface area (Å²) in [7, 11) is 0. The summed E-state index contributed by atoms with van der Waals surface area (Å²) in [5.41, 5.74) is -1.81. The smallest absolute Gasteiger partial charge is 0.253 e. The van der Waals surface area contributed by atoms with Crippen LogP contribution in [0.15, 0.2) is 12.1 Å². The van der Waals surface area contributed by atoms with E-state index in [9.17, 15) is 22.8 Å². The van der Waals surface area contributed by atoms with Crippen LogP contribution in [0.1, 0.15) is 27.2 Å². The fraction of sp³-hybridized carbons (Fsp3) is 0.429. The van der Waals surface area contributed by atoms with Crippen molar-refractivity contribution in [2.24, 2.45) is 0 Å². The molecule has 0 aromatic heterocycles. The highest BCUT2D eigenvalue weighted by Gasteiger charge is 2.47. The van der Waals surface area contributed by atoms with Crippen LogP contribution in [0.4, 0.5) is 18.9 Å². The van der Waals surface area contributed by atoms with Crippen molar-refractivity contribution in [3.05, 3.63) is 29.6 Å². The Labute approximate surface area is 119 Å². The number of halogens is 3. The predicted molar refractivity (Wildman–Crippen MR) is 70.1 cm³/mol. The summed E-state index contributed by atoms with van der Waals surface area (Å²) in [4.78, 5) is 25.3. The largest absolute Gasteiger partial charge is 0.340 e. The molecule has 7 heteroatoms. The molecule has 1 heterocycles. The Morgan fingerprint density at radius 2 is 1.90 bits per heavy atom. The van der Waals surface area contributed by atoms with Crippen LogP contribution in [-0.4, -0.2) is 23.4 Å². The van der Waals surface area contributed by atoms with Gasteiger partial charge in [0, 0.05) is 12.1 Å². The highest BCUT2D eigenvalue weighted by Crippen LogP contribution is 2.31. The van der Waals surface area contributed by atoms with Crippen molar-refractivity contribution in [1.82, 2.24) is 5.32 Å². The van der Waals surface area contributed by atoms with Crippen LogP contribution in [0.25, 0.3) is 0 Å². The third-order valence-electron chi connectivity index (χ3n) is 3.80. The van der Waals surface area contributed by atoms with E-state index in [1.165, 1.54) is 13.8 Å². The van der Waals surface area contributed by atoms with E-state index in [0.29, 0.717) is 12.1 Å². The van der Waals surface area contributed by atoms with Crippen molar-refractivity contribution in [3.8, 4) is 0 Å². The average molecular weight is 300 g/mol.